The average Bonchev–Trinajstić information content (AvgIpc) is 2.68. The Morgan fingerprint density at radius 2 is 1.89 bits per heavy atom. The molecular weight excluding hydrogens is 346 g/mol. The number of amides is 1. The van der Waals surface area contributed by atoms with E-state index in [0.29, 0.717) is 36.6 Å². The molecule has 27 heavy (non-hydrogen) atoms. The molecule has 0 spiro atoms. The summed E-state index contributed by atoms with van der Waals surface area (Å²) in [7, 11) is 1.49. The Bertz CT molecular complexity index is 788. The monoisotopic (exact) mass is 371 g/mol. The van der Waals surface area contributed by atoms with Gasteiger partial charge in [-0.15, -0.1) is 0 Å². The van der Waals surface area contributed by atoms with Crippen LogP contribution in [0, 0.1) is 0 Å². The number of benzene rings is 2. The number of carboxylic acid groups (broad SMARTS) is 1. The molecule has 0 aromatic heterocycles. The van der Waals surface area contributed by atoms with Crippen molar-refractivity contribution in [1.82, 2.24) is 5.32 Å². The Kier molecular flexibility index (Phi) is 7.67. The first-order valence-corrected chi connectivity index (χ1v) is 8.97. The van der Waals surface area contributed by atoms with Gasteiger partial charge in [0.25, 0.3) is 5.91 Å². The number of para-hydroxylation sites is 1. The maximum atomic E-state index is 12.5. The van der Waals surface area contributed by atoms with Gasteiger partial charge in [0.2, 0.25) is 0 Å². The zero-order chi connectivity index (χ0) is 19.6. The summed E-state index contributed by atoms with van der Waals surface area (Å²) in [6, 6.07) is 11.9. The van der Waals surface area contributed by atoms with Crippen molar-refractivity contribution < 1.29 is 24.2 Å². The third-order valence-corrected chi connectivity index (χ3v) is 4.10. The molecule has 2 rings (SSSR count). The van der Waals surface area contributed by atoms with Crippen molar-refractivity contribution in [1.29, 1.82) is 0 Å². The van der Waals surface area contributed by atoms with Crippen molar-refractivity contribution in [3.05, 3.63) is 59.2 Å². The highest BCUT2D eigenvalue weighted by Crippen LogP contribution is 2.21. The first-order chi connectivity index (χ1) is 13.1. The van der Waals surface area contributed by atoms with Gasteiger partial charge in [0.15, 0.2) is 0 Å². The molecule has 0 saturated heterocycles. The van der Waals surface area contributed by atoms with Crippen LogP contribution in [-0.4, -0.2) is 37.2 Å². The van der Waals surface area contributed by atoms with Crippen molar-refractivity contribution in [3.8, 4) is 11.5 Å². The zero-order valence-corrected chi connectivity index (χ0v) is 15.7. The van der Waals surface area contributed by atoms with Gasteiger partial charge in [-0.1, -0.05) is 31.5 Å². The Hall–Kier alpha value is -3.02. The van der Waals surface area contributed by atoms with Gasteiger partial charge in [0.05, 0.1) is 24.8 Å². The second kappa shape index (κ2) is 10.2. The minimum absolute atomic E-state index is 0.165. The number of aromatic carboxylic acids is 1. The summed E-state index contributed by atoms with van der Waals surface area (Å²) in [6.45, 7) is 3.05. The van der Waals surface area contributed by atoms with E-state index >= 15 is 0 Å². The molecule has 1 amide bonds. The van der Waals surface area contributed by atoms with E-state index < -0.39 is 5.97 Å². The average molecular weight is 371 g/mol. The third-order valence-electron chi connectivity index (χ3n) is 4.10. The number of unbranched alkanes of at least 4 members (excludes halogenated alkanes) is 1. The largest absolute Gasteiger partial charge is 0.496 e. The Morgan fingerprint density at radius 3 is 2.59 bits per heavy atom. The van der Waals surface area contributed by atoms with Gasteiger partial charge >= 0.3 is 5.97 Å². The summed E-state index contributed by atoms with van der Waals surface area (Å²) >= 11 is 0. The number of hydrogen-bond acceptors (Lipinski definition) is 4. The van der Waals surface area contributed by atoms with E-state index in [1.165, 1.54) is 19.2 Å². The number of carboxylic acids is 1. The Balaban J connectivity index is 1.98. The maximum Gasteiger partial charge on any atom is 0.335 e. The summed E-state index contributed by atoms with van der Waals surface area (Å²) in [5, 5.41) is 11.9. The summed E-state index contributed by atoms with van der Waals surface area (Å²) < 4.78 is 11.0. The molecule has 0 bridgehead atoms. The Labute approximate surface area is 159 Å². The van der Waals surface area contributed by atoms with Crippen molar-refractivity contribution >= 4 is 11.9 Å². The number of methoxy groups -OCH3 is 1. The van der Waals surface area contributed by atoms with Gasteiger partial charge in [-0.3, -0.25) is 4.79 Å². The van der Waals surface area contributed by atoms with Gasteiger partial charge in [-0.2, -0.15) is 0 Å². The third kappa shape index (κ3) is 5.74. The molecule has 0 atom stereocenters. The highest BCUT2D eigenvalue weighted by molar-refractivity contribution is 5.96. The first kappa shape index (κ1) is 20.3. The van der Waals surface area contributed by atoms with Crippen LogP contribution in [0.4, 0.5) is 0 Å². The minimum Gasteiger partial charge on any atom is -0.496 e. The summed E-state index contributed by atoms with van der Waals surface area (Å²) in [6.07, 6.45) is 2.48. The normalized spacial score (nSPS) is 10.3. The lowest BCUT2D eigenvalue weighted by Gasteiger charge is -2.12. The Morgan fingerprint density at radius 1 is 1.11 bits per heavy atom. The fourth-order valence-corrected chi connectivity index (χ4v) is 2.60. The molecule has 0 radical (unpaired) electrons. The van der Waals surface area contributed by atoms with Crippen LogP contribution in [0.15, 0.2) is 42.5 Å². The second-order valence-electron chi connectivity index (χ2n) is 6.04. The van der Waals surface area contributed by atoms with Crippen LogP contribution in [0.25, 0.3) is 0 Å². The molecule has 6 heteroatoms. The number of carbonyl (C=O) groups excluding carboxylic acids is 1. The topological polar surface area (TPSA) is 84.9 Å². The van der Waals surface area contributed by atoms with E-state index in [4.69, 9.17) is 14.6 Å². The van der Waals surface area contributed by atoms with Crippen molar-refractivity contribution in [3.63, 3.8) is 0 Å². The molecule has 144 valence electrons. The van der Waals surface area contributed by atoms with E-state index in [1.807, 2.05) is 6.07 Å². The lowest BCUT2D eigenvalue weighted by Crippen LogP contribution is -2.26. The molecule has 0 saturated carbocycles. The summed E-state index contributed by atoms with van der Waals surface area (Å²) in [4.78, 5) is 23.5. The fourth-order valence-electron chi connectivity index (χ4n) is 2.60. The van der Waals surface area contributed by atoms with Crippen LogP contribution in [0.5, 0.6) is 11.5 Å². The number of rotatable bonds is 10. The molecule has 0 aliphatic heterocycles. The number of carbonyl (C=O) groups is 2. The first-order valence-electron chi connectivity index (χ1n) is 8.97. The number of nitrogens with one attached hydrogen (secondary N) is 1. The van der Waals surface area contributed by atoms with Crippen LogP contribution < -0.4 is 14.8 Å². The second-order valence-corrected chi connectivity index (χ2v) is 6.04. The molecule has 0 unspecified atom stereocenters. The lowest BCUT2D eigenvalue weighted by atomic mass is 10.1. The predicted molar refractivity (Wildman–Crippen MR) is 103 cm³/mol. The van der Waals surface area contributed by atoms with Gasteiger partial charge in [0, 0.05) is 6.54 Å². The molecule has 0 fully saturated rings. The van der Waals surface area contributed by atoms with Gasteiger partial charge < -0.3 is 19.9 Å². The molecule has 2 N–H and O–H groups in total. The fraction of sp³-hybridized carbons (Fsp3) is 0.333. The summed E-state index contributed by atoms with van der Waals surface area (Å²) in [5.74, 6) is -0.143. The predicted octanol–water partition coefficient (Wildman–Crippen LogP) is 3.54. The quantitative estimate of drug-likeness (QED) is 0.624. The molecule has 0 aliphatic carbocycles. The zero-order valence-electron chi connectivity index (χ0n) is 15.7. The van der Waals surface area contributed by atoms with E-state index in [0.717, 1.165) is 18.4 Å². The summed E-state index contributed by atoms with van der Waals surface area (Å²) in [5.41, 5.74) is 1.50. The van der Waals surface area contributed by atoms with Crippen LogP contribution in [-0.2, 0) is 6.42 Å². The SMILES string of the molecule is CCCCOc1ccccc1C(=O)NCCc1ccc(C(=O)O)cc1OC. The number of ether oxygens (including phenoxy) is 2. The van der Waals surface area contributed by atoms with E-state index in [2.05, 4.69) is 12.2 Å². The lowest BCUT2D eigenvalue weighted by molar-refractivity contribution is 0.0696. The van der Waals surface area contributed by atoms with E-state index in [-0.39, 0.29) is 11.5 Å². The smallest absolute Gasteiger partial charge is 0.335 e. The van der Waals surface area contributed by atoms with E-state index in [9.17, 15) is 9.59 Å². The van der Waals surface area contributed by atoms with Gasteiger partial charge in [0.1, 0.15) is 11.5 Å². The minimum atomic E-state index is -1.01. The number of hydrogen-bond donors (Lipinski definition) is 2. The van der Waals surface area contributed by atoms with Gasteiger partial charge in [-0.25, -0.2) is 4.79 Å². The van der Waals surface area contributed by atoms with Crippen LogP contribution in [0.2, 0.25) is 0 Å². The van der Waals surface area contributed by atoms with Crippen molar-refractivity contribution in [2.75, 3.05) is 20.3 Å². The molecule has 0 aliphatic rings. The highest BCUT2D eigenvalue weighted by atomic mass is 16.5. The maximum absolute atomic E-state index is 12.5. The van der Waals surface area contributed by atoms with Crippen LogP contribution >= 0.6 is 0 Å². The highest BCUT2D eigenvalue weighted by Gasteiger charge is 2.13. The molecular formula is C21H25NO5. The standard InChI is InChI=1S/C21H25NO5/c1-3-4-13-27-18-8-6-5-7-17(18)20(23)22-12-11-15-9-10-16(21(24)25)14-19(15)26-2/h5-10,14H,3-4,11-13H2,1-2H3,(H,22,23)(H,24,25). The van der Waals surface area contributed by atoms with E-state index in [1.54, 1.807) is 24.3 Å². The molecule has 2 aromatic rings. The van der Waals surface area contributed by atoms with Crippen molar-refractivity contribution in [2.24, 2.45) is 0 Å². The molecule has 6 nitrogen and oxygen atoms in total. The molecule has 2 aromatic carbocycles. The van der Waals surface area contributed by atoms with Crippen molar-refractivity contribution in [2.45, 2.75) is 26.2 Å². The molecule has 0 heterocycles. The van der Waals surface area contributed by atoms with Gasteiger partial charge in [-0.05, 0) is 42.7 Å². The van der Waals surface area contributed by atoms with Crippen LogP contribution in [0.1, 0.15) is 46.0 Å². The van der Waals surface area contributed by atoms with Crippen LogP contribution in [0.3, 0.4) is 0 Å².